The summed E-state index contributed by atoms with van der Waals surface area (Å²) in [5.41, 5.74) is 1.71. The molecule has 28 heavy (non-hydrogen) atoms. The van der Waals surface area contributed by atoms with Gasteiger partial charge in [-0.1, -0.05) is 48.5 Å². The van der Waals surface area contributed by atoms with Crippen molar-refractivity contribution in [1.29, 1.82) is 0 Å². The van der Waals surface area contributed by atoms with Crippen LogP contribution in [0.1, 0.15) is 15.9 Å². The van der Waals surface area contributed by atoms with E-state index in [1.807, 2.05) is 42.5 Å². The van der Waals surface area contributed by atoms with E-state index in [0.29, 0.717) is 5.69 Å². The molecule has 0 bridgehead atoms. The molecule has 0 aromatic heterocycles. The standard InChI is InChI=1S/C21H15F3N2OS/c22-21(23,24)17-8-4-7-16(13-17)19(27)26-20(28)25-18-11-9-15(10-12-18)14-5-2-1-3-6-14/h1-13H,(H2,25,26,27,28). The minimum Gasteiger partial charge on any atom is -0.332 e. The molecule has 142 valence electrons. The predicted octanol–water partition coefficient (Wildman–Crippen LogP) is 5.50. The van der Waals surface area contributed by atoms with Gasteiger partial charge in [-0.3, -0.25) is 10.1 Å². The molecule has 0 aliphatic carbocycles. The number of amides is 1. The van der Waals surface area contributed by atoms with E-state index in [1.54, 1.807) is 12.1 Å². The van der Waals surface area contributed by atoms with Gasteiger partial charge in [0.05, 0.1) is 5.56 Å². The molecule has 0 saturated carbocycles. The van der Waals surface area contributed by atoms with Crippen LogP contribution in [0.2, 0.25) is 0 Å². The smallest absolute Gasteiger partial charge is 0.332 e. The number of alkyl halides is 3. The fraction of sp³-hybridized carbons (Fsp3) is 0.0476. The summed E-state index contributed by atoms with van der Waals surface area (Å²) in [5.74, 6) is -0.718. The van der Waals surface area contributed by atoms with Crippen molar-refractivity contribution in [3.05, 3.63) is 90.0 Å². The highest BCUT2D eigenvalue weighted by atomic mass is 32.1. The summed E-state index contributed by atoms with van der Waals surface area (Å²) in [6, 6.07) is 21.3. The predicted molar refractivity (Wildman–Crippen MR) is 107 cm³/mol. The third-order valence-electron chi connectivity index (χ3n) is 3.93. The first-order valence-electron chi connectivity index (χ1n) is 8.28. The van der Waals surface area contributed by atoms with Gasteiger partial charge >= 0.3 is 6.18 Å². The van der Waals surface area contributed by atoms with E-state index in [9.17, 15) is 18.0 Å². The second-order valence-corrected chi connectivity index (χ2v) is 6.34. The second kappa shape index (κ2) is 8.22. The Morgan fingerprint density at radius 1 is 0.821 bits per heavy atom. The Morgan fingerprint density at radius 2 is 1.46 bits per heavy atom. The number of anilines is 1. The number of hydrogen-bond acceptors (Lipinski definition) is 2. The van der Waals surface area contributed by atoms with E-state index in [2.05, 4.69) is 10.6 Å². The molecule has 0 radical (unpaired) electrons. The SMILES string of the molecule is O=C(NC(=S)Nc1ccc(-c2ccccc2)cc1)c1cccc(C(F)(F)F)c1. The number of hydrogen-bond donors (Lipinski definition) is 2. The van der Waals surface area contributed by atoms with Crippen molar-refractivity contribution in [1.82, 2.24) is 5.32 Å². The van der Waals surface area contributed by atoms with Gasteiger partial charge in [-0.2, -0.15) is 13.2 Å². The summed E-state index contributed by atoms with van der Waals surface area (Å²) in [6.45, 7) is 0. The molecule has 3 aromatic carbocycles. The zero-order valence-electron chi connectivity index (χ0n) is 14.5. The van der Waals surface area contributed by atoms with Gasteiger partial charge in [0, 0.05) is 11.3 Å². The van der Waals surface area contributed by atoms with E-state index in [4.69, 9.17) is 12.2 Å². The van der Waals surface area contributed by atoms with Crippen LogP contribution in [0.25, 0.3) is 11.1 Å². The number of rotatable bonds is 3. The van der Waals surface area contributed by atoms with Crippen LogP contribution in [-0.2, 0) is 6.18 Å². The van der Waals surface area contributed by atoms with Crippen molar-refractivity contribution < 1.29 is 18.0 Å². The van der Waals surface area contributed by atoms with Gasteiger partial charge in [-0.15, -0.1) is 0 Å². The van der Waals surface area contributed by atoms with Crippen molar-refractivity contribution in [2.45, 2.75) is 6.18 Å². The normalized spacial score (nSPS) is 11.0. The van der Waals surface area contributed by atoms with Crippen LogP contribution in [0, 0.1) is 0 Å². The van der Waals surface area contributed by atoms with Crippen molar-refractivity contribution in [3.8, 4) is 11.1 Å². The zero-order chi connectivity index (χ0) is 20.1. The molecule has 0 atom stereocenters. The van der Waals surface area contributed by atoms with Gasteiger partial charge in [-0.05, 0) is 53.7 Å². The lowest BCUT2D eigenvalue weighted by Gasteiger charge is -2.12. The molecule has 0 aliphatic heterocycles. The molecule has 0 saturated heterocycles. The van der Waals surface area contributed by atoms with Crippen molar-refractivity contribution >= 4 is 28.9 Å². The number of benzene rings is 3. The number of carbonyl (C=O) groups excluding carboxylic acids is 1. The minimum atomic E-state index is -4.52. The molecule has 1 amide bonds. The molecule has 3 rings (SSSR count). The molecule has 0 aliphatic rings. The fourth-order valence-electron chi connectivity index (χ4n) is 2.55. The summed E-state index contributed by atoms with van der Waals surface area (Å²) in [6.07, 6.45) is -4.52. The first-order chi connectivity index (χ1) is 13.3. The Balaban J connectivity index is 1.63. The van der Waals surface area contributed by atoms with Gasteiger partial charge < -0.3 is 5.32 Å². The maximum absolute atomic E-state index is 12.8. The monoisotopic (exact) mass is 400 g/mol. The average molecular weight is 400 g/mol. The first-order valence-corrected chi connectivity index (χ1v) is 8.69. The van der Waals surface area contributed by atoms with E-state index >= 15 is 0 Å². The molecule has 7 heteroatoms. The molecule has 0 spiro atoms. The molecule has 0 heterocycles. The van der Waals surface area contributed by atoms with Crippen LogP contribution >= 0.6 is 12.2 Å². The van der Waals surface area contributed by atoms with E-state index in [-0.39, 0.29) is 10.7 Å². The maximum Gasteiger partial charge on any atom is 0.416 e. The molecule has 0 unspecified atom stereocenters. The van der Waals surface area contributed by atoms with Crippen LogP contribution in [0.15, 0.2) is 78.9 Å². The van der Waals surface area contributed by atoms with Crippen LogP contribution in [0.5, 0.6) is 0 Å². The van der Waals surface area contributed by atoms with Gasteiger partial charge in [0.15, 0.2) is 5.11 Å². The van der Waals surface area contributed by atoms with Crippen LogP contribution < -0.4 is 10.6 Å². The summed E-state index contributed by atoms with van der Waals surface area (Å²) in [7, 11) is 0. The topological polar surface area (TPSA) is 41.1 Å². The summed E-state index contributed by atoms with van der Waals surface area (Å²) < 4.78 is 38.3. The van der Waals surface area contributed by atoms with Gasteiger partial charge in [0.1, 0.15) is 0 Å². The quantitative estimate of drug-likeness (QED) is 0.571. The average Bonchev–Trinajstić information content (AvgIpc) is 2.68. The Morgan fingerprint density at radius 3 is 2.11 bits per heavy atom. The van der Waals surface area contributed by atoms with Crippen LogP contribution in [0.3, 0.4) is 0 Å². The third kappa shape index (κ3) is 4.95. The summed E-state index contributed by atoms with van der Waals surface area (Å²) in [4.78, 5) is 12.2. The highest BCUT2D eigenvalue weighted by Crippen LogP contribution is 2.29. The Labute approximate surface area is 165 Å². The number of thiocarbonyl (C=S) groups is 1. The molecule has 2 N–H and O–H groups in total. The Bertz CT molecular complexity index is 987. The third-order valence-corrected chi connectivity index (χ3v) is 4.13. The lowest BCUT2D eigenvalue weighted by Crippen LogP contribution is -2.34. The molecule has 3 aromatic rings. The van der Waals surface area contributed by atoms with Crippen molar-refractivity contribution in [2.75, 3.05) is 5.32 Å². The maximum atomic E-state index is 12.8. The molecular weight excluding hydrogens is 385 g/mol. The second-order valence-electron chi connectivity index (χ2n) is 5.93. The summed E-state index contributed by atoms with van der Waals surface area (Å²) >= 11 is 5.08. The van der Waals surface area contributed by atoms with Crippen LogP contribution in [-0.4, -0.2) is 11.0 Å². The van der Waals surface area contributed by atoms with Crippen molar-refractivity contribution in [3.63, 3.8) is 0 Å². The number of halogens is 3. The Kier molecular flexibility index (Phi) is 5.75. The zero-order valence-corrected chi connectivity index (χ0v) is 15.3. The van der Waals surface area contributed by atoms with Gasteiger partial charge in [-0.25, -0.2) is 0 Å². The Hall–Kier alpha value is -3.19. The summed E-state index contributed by atoms with van der Waals surface area (Å²) in [5, 5.41) is 5.22. The lowest BCUT2D eigenvalue weighted by molar-refractivity contribution is -0.137. The molecular formula is C21H15F3N2OS. The fourth-order valence-corrected chi connectivity index (χ4v) is 2.76. The number of carbonyl (C=O) groups is 1. The van der Waals surface area contributed by atoms with E-state index in [1.165, 1.54) is 12.1 Å². The van der Waals surface area contributed by atoms with Gasteiger partial charge in [0.25, 0.3) is 5.91 Å². The van der Waals surface area contributed by atoms with Gasteiger partial charge in [0.2, 0.25) is 0 Å². The first kappa shape index (κ1) is 19.6. The highest BCUT2D eigenvalue weighted by Gasteiger charge is 2.30. The van der Waals surface area contributed by atoms with Crippen LogP contribution in [0.4, 0.5) is 18.9 Å². The van der Waals surface area contributed by atoms with E-state index in [0.717, 1.165) is 23.3 Å². The van der Waals surface area contributed by atoms with Crippen molar-refractivity contribution in [2.24, 2.45) is 0 Å². The molecule has 3 nitrogen and oxygen atoms in total. The van der Waals surface area contributed by atoms with E-state index < -0.39 is 17.6 Å². The lowest BCUT2D eigenvalue weighted by atomic mass is 10.1. The highest BCUT2D eigenvalue weighted by molar-refractivity contribution is 7.80. The number of nitrogens with one attached hydrogen (secondary N) is 2. The largest absolute Gasteiger partial charge is 0.416 e. The minimum absolute atomic E-state index is 0.00475. The molecule has 0 fully saturated rings.